The summed E-state index contributed by atoms with van der Waals surface area (Å²) in [6, 6.07) is 5.02. The third-order valence-corrected chi connectivity index (χ3v) is 3.14. The maximum Gasteiger partial charge on any atom is 0.321 e. The second-order valence-electron chi connectivity index (χ2n) is 4.82. The number of anilines is 1. The zero-order valence-electron chi connectivity index (χ0n) is 13.5. The van der Waals surface area contributed by atoms with Crippen LogP contribution >= 0.6 is 0 Å². The van der Waals surface area contributed by atoms with Gasteiger partial charge in [-0.3, -0.25) is 10.00 Å². The third kappa shape index (κ3) is 4.60. The number of ether oxygens (including phenoxy) is 2. The van der Waals surface area contributed by atoms with Gasteiger partial charge in [-0.1, -0.05) is 6.92 Å². The molecular weight excluding hydrogens is 298 g/mol. The number of nitrogens with one attached hydrogen (secondary N) is 2. The molecular formula is C15H21N5O3. The molecule has 2 aromatic rings. The van der Waals surface area contributed by atoms with E-state index in [0.717, 1.165) is 18.5 Å². The van der Waals surface area contributed by atoms with Gasteiger partial charge in [-0.25, -0.2) is 9.78 Å². The van der Waals surface area contributed by atoms with Crippen LogP contribution in [0.2, 0.25) is 0 Å². The van der Waals surface area contributed by atoms with E-state index in [2.05, 4.69) is 20.7 Å². The van der Waals surface area contributed by atoms with E-state index in [1.165, 1.54) is 0 Å². The summed E-state index contributed by atoms with van der Waals surface area (Å²) in [5.74, 6) is 1.65. The highest BCUT2D eigenvalue weighted by atomic mass is 16.5. The van der Waals surface area contributed by atoms with Gasteiger partial charge in [0.1, 0.15) is 17.8 Å². The molecule has 0 saturated carbocycles. The highest BCUT2D eigenvalue weighted by Gasteiger charge is 2.09. The Morgan fingerprint density at radius 3 is 2.83 bits per heavy atom. The Bertz CT molecular complexity index is 656. The van der Waals surface area contributed by atoms with E-state index < -0.39 is 0 Å². The van der Waals surface area contributed by atoms with Crippen LogP contribution in [0.5, 0.6) is 11.5 Å². The van der Waals surface area contributed by atoms with E-state index in [9.17, 15) is 4.79 Å². The van der Waals surface area contributed by atoms with Crippen molar-refractivity contribution in [1.29, 1.82) is 0 Å². The van der Waals surface area contributed by atoms with Crippen LogP contribution in [0, 0.1) is 0 Å². The average molecular weight is 319 g/mol. The molecule has 0 fully saturated rings. The zero-order chi connectivity index (χ0) is 16.7. The second kappa shape index (κ2) is 8.02. The topological polar surface area (TPSA) is 90.3 Å². The average Bonchev–Trinajstić information content (AvgIpc) is 3.00. The van der Waals surface area contributed by atoms with Gasteiger partial charge in [-0.05, 0) is 24.6 Å². The van der Waals surface area contributed by atoms with E-state index >= 15 is 0 Å². The molecule has 0 saturated heterocycles. The van der Waals surface area contributed by atoms with Crippen LogP contribution in [-0.2, 0) is 13.1 Å². The monoisotopic (exact) mass is 319 g/mol. The van der Waals surface area contributed by atoms with Gasteiger partial charge >= 0.3 is 6.03 Å². The summed E-state index contributed by atoms with van der Waals surface area (Å²) in [6.07, 6.45) is 2.54. The minimum atomic E-state index is -0.385. The van der Waals surface area contributed by atoms with Crippen molar-refractivity contribution in [2.45, 2.75) is 26.4 Å². The van der Waals surface area contributed by atoms with Crippen molar-refractivity contribution in [3.63, 3.8) is 0 Å². The summed E-state index contributed by atoms with van der Waals surface area (Å²) in [5, 5.41) is 9.48. The number of amides is 2. The van der Waals surface area contributed by atoms with Gasteiger partial charge in [0.25, 0.3) is 0 Å². The molecule has 0 bridgehead atoms. The molecule has 23 heavy (non-hydrogen) atoms. The molecule has 0 aliphatic carbocycles. The number of rotatable bonds is 7. The maximum absolute atomic E-state index is 11.9. The van der Waals surface area contributed by atoms with Crippen molar-refractivity contribution < 1.29 is 14.3 Å². The highest BCUT2D eigenvalue weighted by molar-refractivity contribution is 5.87. The molecule has 8 heteroatoms. The number of carbonyl (C=O) groups is 1. The van der Waals surface area contributed by atoms with Gasteiger partial charge in [0.2, 0.25) is 5.95 Å². The summed E-state index contributed by atoms with van der Waals surface area (Å²) in [4.78, 5) is 15.9. The molecule has 1 aromatic carbocycles. The van der Waals surface area contributed by atoms with E-state index in [4.69, 9.17) is 9.47 Å². The Morgan fingerprint density at radius 1 is 1.30 bits per heavy atom. The standard InChI is InChI=1S/C15H21N5O3/c1-4-7-20-10-17-14(19-20)18-15(21)16-9-11-8-12(22-2)5-6-13(11)23-3/h5-6,8,10H,4,7,9H2,1-3H3,(H2,16,18,19,21). The van der Waals surface area contributed by atoms with E-state index in [1.54, 1.807) is 37.4 Å². The minimum Gasteiger partial charge on any atom is -0.497 e. The van der Waals surface area contributed by atoms with Gasteiger partial charge in [-0.2, -0.15) is 0 Å². The van der Waals surface area contributed by atoms with Crippen LogP contribution in [0.3, 0.4) is 0 Å². The molecule has 0 radical (unpaired) electrons. The first kappa shape index (κ1) is 16.6. The molecule has 2 amide bonds. The number of nitrogens with zero attached hydrogens (tertiary/aromatic N) is 3. The summed E-state index contributed by atoms with van der Waals surface area (Å²) in [6.45, 7) is 3.10. The molecule has 0 spiro atoms. The second-order valence-corrected chi connectivity index (χ2v) is 4.82. The Hall–Kier alpha value is -2.77. The molecule has 1 heterocycles. The van der Waals surface area contributed by atoms with Crippen molar-refractivity contribution in [2.75, 3.05) is 19.5 Å². The van der Waals surface area contributed by atoms with Crippen LogP contribution in [0.25, 0.3) is 0 Å². The molecule has 2 N–H and O–H groups in total. The molecule has 0 aliphatic heterocycles. The quantitative estimate of drug-likeness (QED) is 0.815. The van der Waals surface area contributed by atoms with Gasteiger partial charge in [0.15, 0.2) is 0 Å². The lowest BCUT2D eigenvalue weighted by Crippen LogP contribution is -2.28. The van der Waals surface area contributed by atoms with E-state index in [1.807, 2.05) is 13.0 Å². The SMILES string of the molecule is CCCn1cnc(NC(=O)NCc2cc(OC)ccc2OC)n1. The van der Waals surface area contributed by atoms with Crippen LogP contribution < -0.4 is 20.1 Å². The molecule has 124 valence electrons. The summed E-state index contributed by atoms with van der Waals surface area (Å²) < 4.78 is 12.1. The fraction of sp³-hybridized carbons (Fsp3) is 0.400. The number of aromatic nitrogens is 3. The third-order valence-electron chi connectivity index (χ3n) is 3.14. The first-order valence-corrected chi connectivity index (χ1v) is 7.31. The molecule has 0 aliphatic rings. The van der Waals surface area contributed by atoms with Crippen molar-refractivity contribution >= 4 is 12.0 Å². The highest BCUT2D eigenvalue weighted by Crippen LogP contribution is 2.23. The minimum absolute atomic E-state index is 0.272. The van der Waals surface area contributed by atoms with Crippen molar-refractivity contribution in [2.24, 2.45) is 0 Å². The number of aryl methyl sites for hydroxylation is 1. The lowest BCUT2D eigenvalue weighted by atomic mass is 10.2. The van der Waals surface area contributed by atoms with Gasteiger partial charge in [0.05, 0.1) is 14.2 Å². The summed E-state index contributed by atoms with van der Waals surface area (Å²) >= 11 is 0. The first-order chi connectivity index (χ1) is 11.2. The van der Waals surface area contributed by atoms with Crippen LogP contribution in [0.15, 0.2) is 24.5 Å². The molecule has 1 aromatic heterocycles. The van der Waals surface area contributed by atoms with E-state index in [-0.39, 0.29) is 12.0 Å². The Balaban J connectivity index is 1.93. The van der Waals surface area contributed by atoms with Crippen molar-refractivity contribution in [3.8, 4) is 11.5 Å². The predicted octanol–water partition coefficient (Wildman–Crippen LogP) is 2.03. The number of methoxy groups -OCH3 is 2. The molecule has 2 rings (SSSR count). The van der Waals surface area contributed by atoms with Crippen LogP contribution in [0.1, 0.15) is 18.9 Å². The van der Waals surface area contributed by atoms with Crippen molar-refractivity contribution in [1.82, 2.24) is 20.1 Å². The number of urea groups is 1. The Labute approximate surface area is 134 Å². The molecule has 0 atom stereocenters. The summed E-state index contributed by atoms with van der Waals surface area (Å²) in [5.41, 5.74) is 0.812. The van der Waals surface area contributed by atoms with E-state index in [0.29, 0.717) is 18.0 Å². The molecule has 8 nitrogen and oxygen atoms in total. The number of carbonyl (C=O) groups excluding carboxylic acids is 1. The maximum atomic E-state index is 11.9. The largest absolute Gasteiger partial charge is 0.497 e. The normalized spacial score (nSPS) is 10.2. The summed E-state index contributed by atoms with van der Waals surface area (Å²) in [7, 11) is 3.17. The zero-order valence-corrected chi connectivity index (χ0v) is 13.5. The fourth-order valence-corrected chi connectivity index (χ4v) is 2.03. The molecule has 0 unspecified atom stereocenters. The van der Waals surface area contributed by atoms with Gasteiger partial charge < -0.3 is 14.8 Å². The fourth-order valence-electron chi connectivity index (χ4n) is 2.03. The predicted molar refractivity (Wildman–Crippen MR) is 85.7 cm³/mol. The lowest BCUT2D eigenvalue weighted by molar-refractivity contribution is 0.251. The number of hydrogen-bond donors (Lipinski definition) is 2. The van der Waals surface area contributed by atoms with Crippen molar-refractivity contribution in [3.05, 3.63) is 30.1 Å². The smallest absolute Gasteiger partial charge is 0.321 e. The lowest BCUT2D eigenvalue weighted by Gasteiger charge is -2.11. The van der Waals surface area contributed by atoms with Gasteiger partial charge in [-0.15, -0.1) is 5.10 Å². The van der Waals surface area contributed by atoms with Gasteiger partial charge in [0, 0.05) is 18.7 Å². The Kier molecular flexibility index (Phi) is 5.79. The first-order valence-electron chi connectivity index (χ1n) is 7.31. The van der Waals surface area contributed by atoms with Crippen LogP contribution in [-0.4, -0.2) is 35.0 Å². The Morgan fingerprint density at radius 2 is 2.13 bits per heavy atom. The number of hydrogen-bond acceptors (Lipinski definition) is 5. The number of benzene rings is 1. The van der Waals surface area contributed by atoms with Crippen LogP contribution in [0.4, 0.5) is 10.7 Å².